The molecule has 0 saturated carbocycles. The second-order valence-electron chi connectivity index (χ2n) is 2.25. The Hall–Kier alpha value is -2.08. The first-order valence-corrected chi connectivity index (χ1v) is 3.52. The van der Waals surface area contributed by atoms with Gasteiger partial charge in [0.15, 0.2) is 0 Å². The Kier molecular flexibility index (Phi) is 4.67. The van der Waals surface area contributed by atoms with Gasteiger partial charge >= 0.3 is 0 Å². The molecule has 0 atom stereocenters. The highest BCUT2D eigenvalue weighted by Crippen LogP contribution is 1.98. The van der Waals surface area contributed by atoms with Crippen LogP contribution in [0.1, 0.15) is 19.3 Å². The summed E-state index contributed by atoms with van der Waals surface area (Å²) in [6.07, 6.45) is 3.11. The fourth-order valence-electron chi connectivity index (χ4n) is 0.660. The van der Waals surface area contributed by atoms with Crippen LogP contribution in [0.5, 0.6) is 0 Å². The van der Waals surface area contributed by atoms with Crippen LogP contribution in [0, 0.1) is 22.9 Å². The summed E-state index contributed by atoms with van der Waals surface area (Å²) in [6.45, 7) is 0. The van der Waals surface area contributed by atoms with E-state index in [-0.39, 0.29) is 19.3 Å². The third-order valence-corrected chi connectivity index (χ3v) is 1.26. The molecule has 0 aliphatic carbocycles. The molecule has 13 heavy (non-hydrogen) atoms. The first-order chi connectivity index (χ1) is 6.11. The molecule has 0 aromatic rings. The number of primary amides is 1. The maximum atomic E-state index is 10.9. The summed E-state index contributed by atoms with van der Waals surface area (Å²) < 4.78 is 0. The van der Waals surface area contributed by atoms with E-state index in [1.807, 2.05) is 0 Å². The third-order valence-electron chi connectivity index (χ3n) is 1.26. The Morgan fingerprint density at radius 3 is 2.15 bits per heavy atom. The first-order valence-electron chi connectivity index (χ1n) is 3.52. The molecule has 0 aromatic heterocycles. The molecule has 0 rings (SSSR count). The molecule has 0 aromatic carbocycles. The molecule has 2 amide bonds. The van der Waals surface area contributed by atoms with Gasteiger partial charge < -0.3 is 5.73 Å². The summed E-state index contributed by atoms with van der Waals surface area (Å²) in [4.78, 5) is 21.5. The quantitative estimate of drug-likeness (QED) is 0.461. The molecule has 0 saturated heterocycles. The molecule has 0 bridgehead atoms. The Morgan fingerprint density at radius 1 is 1.23 bits per heavy atom. The number of hydrogen-bond donors (Lipinski definition) is 1. The van der Waals surface area contributed by atoms with Gasteiger partial charge in [0.05, 0.1) is 0 Å². The highest BCUT2D eigenvalue weighted by atomic mass is 16.2. The fourth-order valence-corrected chi connectivity index (χ4v) is 0.660. The minimum Gasteiger partial charge on any atom is -0.370 e. The zero-order valence-corrected chi connectivity index (χ0v) is 6.86. The molecular formula is C7H8N4O2. The number of nitrogens with zero attached hydrogens (tertiary/aromatic N) is 3. The SMILES string of the molecule is N#CN(C#N)C(=O)CCCC(N)=O. The summed E-state index contributed by atoms with van der Waals surface area (Å²) in [6, 6.07) is 0. The lowest BCUT2D eigenvalue weighted by molar-refractivity contribution is -0.126. The van der Waals surface area contributed by atoms with Crippen LogP contribution >= 0.6 is 0 Å². The van der Waals surface area contributed by atoms with Gasteiger partial charge in [-0.2, -0.15) is 10.5 Å². The van der Waals surface area contributed by atoms with Crippen LogP contribution in [0.3, 0.4) is 0 Å². The number of carbonyl (C=O) groups excluding carboxylic acids is 2. The lowest BCUT2D eigenvalue weighted by atomic mass is 10.2. The summed E-state index contributed by atoms with van der Waals surface area (Å²) in [5, 5.41) is 16.5. The van der Waals surface area contributed by atoms with E-state index in [2.05, 4.69) is 0 Å². The average Bonchev–Trinajstić information content (AvgIpc) is 2.05. The van der Waals surface area contributed by atoms with Crippen LogP contribution in [-0.2, 0) is 9.59 Å². The van der Waals surface area contributed by atoms with Gasteiger partial charge in [-0.25, -0.2) is 0 Å². The van der Waals surface area contributed by atoms with Crippen molar-refractivity contribution in [3.8, 4) is 12.4 Å². The van der Waals surface area contributed by atoms with E-state index in [9.17, 15) is 9.59 Å². The summed E-state index contributed by atoms with van der Waals surface area (Å²) in [5.74, 6) is -1.13. The van der Waals surface area contributed by atoms with Gasteiger partial charge in [-0.15, -0.1) is 4.90 Å². The Balaban J connectivity index is 3.83. The molecule has 0 unspecified atom stereocenters. The van der Waals surface area contributed by atoms with Crippen LogP contribution in [-0.4, -0.2) is 16.7 Å². The van der Waals surface area contributed by atoms with Gasteiger partial charge in [-0.3, -0.25) is 9.59 Å². The molecule has 6 heteroatoms. The predicted octanol–water partition coefficient (Wildman–Crippen LogP) is -0.567. The zero-order valence-electron chi connectivity index (χ0n) is 6.86. The van der Waals surface area contributed by atoms with E-state index < -0.39 is 11.8 Å². The fraction of sp³-hybridized carbons (Fsp3) is 0.429. The largest absolute Gasteiger partial charge is 0.370 e. The maximum Gasteiger partial charge on any atom is 0.249 e. The van der Waals surface area contributed by atoms with Crippen LogP contribution in [0.4, 0.5) is 0 Å². The van der Waals surface area contributed by atoms with Gasteiger partial charge in [0, 0.05) is 12.8 Å². The number of carbonyl (C=O) groups is 2. The van der Waals surface area contributed by atoms with Crippen molar-refractivity contribution >= 4 is 11.8 Å². The normalized spacial score (nSPS) is 8.15. The highest BCUT2D eigenvalue weighted by Gasteiger charge is 2.11. The molecule has 68 valence electrons. The molecule has 0 aliphatic heterocycles. The molecule has 6 nitrogen and oxygen atoms in total. The second kappa shape index (κ2) is 5.56. The van der Waals surface area contributed by atoms with Crippen LogP contribution < -0.4 is 5.73 Å². The lowest BCUT2D eigenvalue weighted by Crippen LogP contribution is -2.21. The van der Waals surface area contributed by atoms with E-state index in [0.717, 1.165) is 0 Å². The standard InChI is InChI=1S/C7H8N4O2/c8-4-11(5-9)7(13)3-1-2-6(10)12/h1-3H2,(H2,10,12). The predicted molar refractivity (Wildman–Crippen MR) is 41.1 cm³/mol. The Morgan fingerprint density at radius 2 is 1.77 bits per heavy atom. The first kappa shape index (κ1) is 10.9. The van der Waals surface area contributed by atoms with Crippen molar-refractivity contribution in [1.29, 1.82) is 10.5 Å². The van der Waals surface area contributed by atoms with Crippen molar-refractivity contribution in [2.75, 3.05) is 0 Å². The van der Waals surface area contributed by atoms with Gasteiger partial charge in [0.25, 0.3) is 0 Å². The van der Waals surface area contributed by atoms with Crippen LogP contribution in [0.2, 0.25) is 0 Å². The topological polar surface area (TPSA) is 111 Å². The second-order valence-corrected chi connectivity index (χ2v) is 2.25. The molecule has 0 fully saturated rings. The van der Waals surface area contributed by atoms with E-state index in [0.29, 0.717) is 4.90 Å². The van der Waals surface area contributed by atoms with Gasteiger partial charge in [0.2, 0.25) is 24.2 Å². The zero-order chi connectivity index (χ0) is 10.3. The van der Waals surface area contributed by atoms with Crippen LogP contribution in [0.25, 0.3) is 0 Å². The van der Waals surface area contributed by atoms with Crippen molar-refractivity contribution in [2.45, 2.75) is 19.3 Å². The summed E-state index contributed by atoms with van der Waals surface area (Å²) in [5.41, 5.74) is 4.83. The van der Waals surface area contributed by atoms with E-state index in [4.69, 9.17) is 16.3 Å². The maximum absolute atomic E-state index is 10.9. The molecule has 0 heterocycles. The van der Waals surface area contributed by atoms with Crippen LogP contribution in [0.15, 0.2) is 0 Å². The minimum atomic E-state index is -0.619. The molecule has 2 N–H and O–H groups in total. The van der Waals surface area contributed by atoms with Gasteiger partial charge in [0.1, 0.15) is 0 Å². The number of rotatable bonds is 4. The van der Waals surface area contributed by atoms with E-state index in [1.54, 1.807) is 0 Å². The number of amides is 2. The summed E-state index contributed by atoms with van der Waals surface area (Å²) >= 11 is 0. The smallest absolute Gasteiger partial charge is 0.249 e. The number of hydrogen-bond acceptors (Lipinski definition) is 4. The lowest BCUT2D eigenvalue weighted by Gasteiger charge is -2.01. The third kappa shape index (κ3) is 4.38. The Bertz CT molecular complexity index is 272. The van der Waals surface area contributed by atoms with Crippen molar-refractivity contribution in [3.05, 3.63) is 0 Å². The molecule has 0 spiro atoms. The van der Waals surface area contributed by atoms with Gasteiger partial charge in [-0.05, 0) is 6.42 Å². The van der Waals surface area contributed by atoms with Gasteiger partial charge in [-0.1, -0.05) is 0 Å². The summed E-state index contributed by atoms with van der Waals surface area (Å²) in [7, 11) is 0. The monoisotopic (exact) mass is 180 g/mol. The van der Waals surface area contributed by atoms with E-state index in [1.165, 1.54) is 12.4 Å². The highest BCUT2D eigenvalue weighted by molar-refractivity contribution is 5.80. The van der Waals surface area contributed by atoms with Crippen molar-refractivity contribution in [2.24, 2.45) is 5.73 Å². The number of nitriles is 2. The molecule has 0 aliphatic rings. The Labute approximate surface area is 75.1 Å². The average molecular weight is 180 g/mol. The van der Waals surface area contributed by atoms with Crippen molar-refractivity contribution in [1.82, 2.24) is 4.90 Å². The molecular weight excluding hydrogens is 172 g/mol. The van der Waals surface area contributed by atoms with E-state index >= 15 is 0 Å². The number of nitrogens with two attached hydrogens (primary N) is 1. The minimum absolute atomic E-state index is 0.0238. The van der Waals surface area contributed by atoms with Crippen molar-refractivity contribution in [3.63, 3.8) is 0 Å². The van der Waals surface area contributed by atoms with Crippen molar-refractivity contribution < 1.29 is 9.59 Å². The molecule has 0 radical (unpaired) electrons.